The van der Waals surface area contributed by atoms with E-state index in [0.29, 0.717) is 0 Å². The predicted molar refractivity (Wildman–Crippen MR) is 55.9 cm³/mol. The first-order chi connectivity index (χ1) is 6.42. The largest absolute Gasteiger partial charge is 0.315 e. The van der Waals surface area contributed by atoms with Gasteiger partial charge in [0.05, 0.1) is 0 Å². The second-order valence-corrected chi connectivity index (χ2v) is 4.49. The number of rotatable bonds is 2. The molecule has 76 valence electrons. The Bertz CT molecular complexity index is 150. The molecule has 2 nitrogen and oxygen atoms in total. The van der Waals surface area contributed by atoms with E-state index in [2.05, 4.69) is 17.3 Å². The third-order valence-corrected chi connectivity index (χ3v) is 3.71. The van der Waals surface area contributed by atoms with Crippen LogP contribution in [0.3, 0.4) is 0 Å². The highest BCUT2D eigenvalue weighted by Gasteiger charge is 2.30. The maximum absolute atomic E-state index is 3.49. The zero-order valence-electron chi connectivity index (χ0n) is 8.76. The fraction of sp³-hybridized carbons (Fsp3) is 1.00. The van der Waals surface area contributed by atoms with Gasteiger partial charge in [0, 0.05) is 12.1 Å². The molecule has 0 amide bonds. The average molecular weight is 182 g/mol. The number of likely N-dealkylation sites (N-methyl/N-ethyl adjacent to an activating group) is 1. The Hall–Kier alpha value is -0.0800. The summed E-state index contributed by atoms with van der Waals surface area (Å²) in [5, 5.41) is 3.49. The Kier molecular flexibility index (Phi) is 3.23. The molecule has 1 N–H and O–H groups in total. The van der Waals surface area contributed by atoms with Crippen molar-refractivity contribution in [1.29, 1.82) is 0 Å². The highest BCUT2D eigenvalue weighted by molar-refractivity contribution is 4.88. The van der Waals surface area contributed by atoms with Gasteiger partial charge >= 0.3 is 0 Å². The molecule has 2 rings (SSSR count). The quantitative estimate of drug-likeness (QED) is 0.698. The summed E-state index contributed by atoms with van der Waals surface area (Å²) < 4.78 is 0. The van der Waals surface area contributed by atoms with Crippen LogP contribution in [0.2, 0.25) is 0 Å². The van der Waals surface area contributed by atoms with Crippen molar-refractivity contribution >= 4 is 0 Å². The molecule has 0 radical (unpaired) electrons. The van der Waals surface area contributed by atoms with E-state index in [1.807, 2.05) is 0 Å². The fourth-order valence-corrected chi connectivity index (χ4v) is 2.96. The fourth-order valence-electron chi connectivity index (χ4n) is 2.96. The van der Waals surface area contributed by atoms with Crippen molar-refractivity contribution in [3.8, 4) is 0 Å². The molecule has 1 aliphatic heterocycles. The number of nitrogens with zero attached hydrogens (tertiary/aromatic N) is 1. The monoisotopic (exact) mass is 182 g/mol. The third-order valence-electron chi connectivity index (χ3n) is 3.71. The molecular weight excluding hydrogens is 160 g/mol. The number of hydrogen-bond acceptors (Lipinski definition) is 2. The summed E-state index contributed by atoms with van der Waals surface area (Å²) in [6, 6.07) is 1.62. The van der Waals surface area contributed by atoms with Crippen LogP contribution in [0, 0.1) is 0 Å². The van der Waals surface area contributed by atoms with Gasteiger partial charge < -0.3 is 5.32 Å². The van der Waals surface area contributed by atoms with Crippen LogP contribution in [0.15, 0.2) is 0 Å². The van der Waals surface area contributed by atoms with Crippen LogP contribution in [0.4, 0.5) is 0 Å². The molecule has 2 heteroatoms. The predicted octanol–water partition coefficient (Wildman–Crippen LogP) is 1.61. The van der Waals surface area contributed by atoms with Crippen LogP contribution < -0.4 is 5.32 Å². The van der Waals surface area contributed by atoms with Gasteiger partial charge in [-0.05, 0) is 45.8 Å². The maximum Gasteiger partial charge on any atom is 0.0249 e. The van der Waals surface area contributed by atoms with Gasteiger partial charge in [0.15, 0.2) is 0 Å². The van der Waals surface area contributed by atoms with Gasteiger partial charge in [0.25, 0.3) is 0 Å². The Morgan fingerprint density at radius 2 is 1.69 bits per heavy atom. The molecule has 1 aliphatic carbocycles. The molecule has 1 heterocycles. The maximum atomic E-state index is 3.49. The molecular formula is C11H22N2. The number of likely N-dealkylation sites (tertiary alicyclic amines) is 1. The number of hydrogen-bond donors (Lipinski definition) is 1. The van der Waals surface area contributed by atoms with E-state index in [4.69, 9.17) is 0 Å². The second-order valence-electron chi connectivity index (χ2n) is 4.49. The molecule has 2 aliphatic rings. The first-order valence-corrected chi connectivity index (χ1v) is 5.83. The van der Waals surface area contributed by atoms with Gasteiger partial charge in [-0.15, -0.1) is 0 Å². The Morgan fingerprint density at radius 1 is 1.00 bits per heavy atom. The first-order valence-electron chi connectivity index (χ1n) is 5.83. The van der Waals surface area contributed by atoms with Gasteiger partial charge in [0.1, 0.15) is 0 Å². The van der Waals surface area contributed by atoms with E-state index in [1.54, 1.807) is 0 Å². The van der Waals surface area contributed by atoms with E-state index in [1.165, 1.54) is 51.6 Å². The lowest BCUT2D eigenvalue weighted by atomic mass is 9.89. The first kappa shape index (κ1) is 9.47. The highest BCUT2D eigenvalue weighted by Crippen LogP contribution is 2.25. The molecule has 0 aromatic heterocycles. The Morgan fingerprint density at radius 3 is 2.38 bits per heavy atom. The zero-order valence-corrected chi connectivity index (χ0v) is 8.76. The van der Waals surface area contributed by atoms with Gasteiger partial charge in [-0.1, -0.05) is 12.8 Å². The lowest BCUT2D eigenvalue weighted by Gasteiger charge is -2.37. The highest BCUT2D eigenvalue weighted by atomic mass is 15.2. The van der Waals surface area contributed by atoms with Gasteiger partial charge in [0.2, 0.25) is 0 Å². The lowest BCUT2D eigenvalue weighted by Crippen LogP contribution is -2.49. The van der Waals surface area contributed by atoms with Crippen LogP contribution in [0.1, 0.15) is 38.5 Å². The lowest BCUT2D eigenvalue weighted by molar-refractivity contribution is 0.153. The molecule has 0 unspecified atom stereocenters. The average Bonchev–Trinajstić information content (AvgIpc) is 2.70. The summed E-state index contributed by atoms with van der Waals surface area (Å²) in [5.74, 6) is 0. The van der Waals surface area contributed by atoms with Crippen molar-refractivity contribution < 1.29 is 0 Å². The smallest absolute Gasteiger partial charge is 0.0249 e. The third kappa shape index (κ3) is 2.05. The topological polar surface area (TPSA) is 15.3 Å². The van der Waals surface area contributed by atoms with Crippen LogP contribution in [-0.4, -0.2) is 37.1 Å². The normalized spacial score (nSPS) is 36.7. The molecule has 1 saturated heterocycles. The van der Waals surface area contributed by atoms with Crippen molar-refractivity contribution in [2.24, 2.45) is 0 Å². The minimum absolute atomic E-state index is 0.770. The molecule has 0 aromatic rings. The molecule has 2 atom stereocenters. The van der Waals surface area contributed by atoms with Crippen molar-refractivity contribution in [1.82, 2.24) is 10.2 Å². The zero-order chi connectivity index (χ0) is 9.10. The van der Waals surface area contributed by atoms with Crippen molar-refractivity contribution in [2.45, 2.75) is 50.6 Å². The Labute approximate surface area is 81.7 Å². The van der Waals surface area contributed by atoms with Crippen LogP contribution in [0.5, 0.6) is 0 Å². The van der Waals surface area contributed by atoms with Crippen LogP contribution in [0.25, 0.3) is 0 Å². The van der Waals surface area contributed by atoms with Crippen molar-refractivity contribution in [3.63, 3.8) is 0 Å². The standard InChI is InChI=1S/C11H22N2/c1-12-10-6-2-3-7-11(10)13-8-4-5-9-13/h10-12H,2-9H2,1H3/t10-,11+/m1/s1. The van der Waals surface area contributed by atoms with E-state index >= 15 is 0 Å². The van der Waals surface area contributed by atoms with Gasteiger partial charge in [-0.3, -0.25) is 4.90 Å². The Balaban J connectivity index is 1.93. The molecule has 0 spiro atoms. The summed E-state index contributed by atoms with van der Waals surface area (Å²) in [6.45, 7) is 2.70. The summed E-state index contributed by atoms with van der Waals surface area (Å²) in [5.41, 5.74) is 0. The summed E-state index contributed by atoms with van der Waals surface area (Å²) >= 11 is 0. The second kappa shape index (κ2) is 4.43. The minimum Gasteiger partial charge on any atom is -0.315 e. The summed E-state index contributed by atoms with van der Waals surface area (Å²) in [4.78, 5) is 2.71. The molecule has 0 aromatic carbocycles. The number of nitrogens with one attached hydrogen (secondary N) is 1. The van der Waals surface area contributed by atoms with Crippen molar-refractivity contribution in [2.75, 3.05) is 20.1 Å². The van der Waals surface area contributed by atoms with E-state index in [9.17, 15) is 0 Å². The van der Waals surface area contributed by atoms with Crippen LogP contribution in [-0.2, 0) is 0 Å². The van der Waals surface area contributed by atoms with E-state index < -0.39 is 0 Å². The van der Waals surface area contributed by atoms with Crippen molar-refractivity contribution in [3.05, 3.63) is 0 Å². The molecule has 13 heavy (non-hydrogen) atoms. The molecule has 2 fully saturated rings. The van der Waals surface area contributed by atoms with E-state index in [0.717, 1.165) is 12.1 Å². The van der Waals surface area contributed by atoms with Gasteiger partial charge in [-0.2, -0.15) is 0 Å². The molecule has 1 saturated carbocycles. The van der Waals surface area contributed by atoms with Gasteiger partial charge in [-0.25, -0.2) is 0 Å². The minimum atomic E-state index is 0.770. The SMILES string of the molecule is CN[C@@H]1CCCC[C@@H]1N1CCCC1. The summed E-state index contributed by atoms with van der Waals surface area (Å²) in [7, 11) is 2.12. The van der Waals surface area contributed by atoms with E-state index in [-0.39, 0.29) is 0 Å². The van der Waals surface area contributed by atoms with Crippen LogP contribution >= 0.6 is 0 Å². The summed E-state index contributed by atoms with van der Waals surface area (Å²) in [6.07, 6.45) is 8.53. The molecule has 0 bridgehead atoms.